The van der Waals surface area contributed by atoms with Crippen molar-refractivity contribution in [1.29, 1.82) is 0 Å². The Hall–Kier alpha value is -5.07. The van der Waals surface area contributed by atoms with E-state index in [9.17, 15) is 28.4 Å². The number of halogens is 1. The highest BCUT2D eigenvalue weighted by molar-refractivity contribution is 6.02. The second kappa shape index (κ2) is 12.8. The van der Waals surface area contributed by atoms with Gasteiger partial charge in [-0.3, -0.25) is 19.2 Å². The van der Waals surface area contributed by atoms with Crippen molar-refractivity contribution in [2.75, 3.05) is 18.5 Å². The third-order valence-corrected chi connectivity index (χ3v) is 7.36. The van der Waals surface area contributed by atoms with Gasteiger partial charge < -0.3 is 29.8 Å². The standard InChI is InChI=1S/C30H30FN5O7/c1-17-13-24(35-43-17)27(38)34-23-3-2-11-36(29(23)40)25(14-18-4-6-21(31)7-5-18)28(39)33-22(15-19-8-10-32-26(19)37)16-20-9-12-42-30(20)41/h2-7,11,13,16,19,22,25H,8-10,12,14-15H2,1H3,(H,32,37)(H,33,39)(H,34,38)/b20-16+/t19?,22-,25-/m0/s1. The van der Waals surface area contributed by atoms with Crippen molar-refractivity contribution in [2.45, 2.75) is 44.7 Å². The Balaban J connectivity index is 1.46. The first-order valence-electron chi connectivity index (χ1n) is 13.8. The van der Waals surface area contributed by atoms with Crippen LogP contribution >= 0.6 is 0 Å². The van der Waals surface area contributed by atoms with Gasteiger partial charge in [-0.15, -0.1) is 0 Å². The number of aryl methyl sites for hydroxylation is 1. The van der Waals surface area contributed by atoms with E-state index in [-0.39, 0.29) is 42.7 Å². The molecule has 3 amide bonds. The number of anilines is 1. The fraction of sp³-hybridized carbons (Fsp3) is 0.333. The van der Waals surface area contributed by atoms with E-state index < -0.39 is 41.2 Å². The number of benzene rings is 1. The number of hydrogen-bond acceptors (Lipinski definition) is 8. The lowest BCUT2D eigenvalue weighted by atomic mass is 9.95. The molecule has 5 rings (SSSR count). The van der Waals surface area contributed by atoms with Crippen LogP contribution in [-0.2, 0) is 25.5 Å². The molecule has 2 aliphatic heterocycles. The van der Waals surface area contributed by atoms with Crippen LogP contribution in [-0.4, -0.2) is 52.6 Å². The lowest BCUT2D eigenvalue weighted by Gasteiger charge is -2.24. The predicted molar refractivity (Wildman–Crippen MR) is 150 cm³/mol. The molecule has 3 N–H and O–H groups in total. The summed E-state index contributed by atoms with van der Waals surface area (Å²) in [6.45, 7) is 2.36. The Kier molecular flexibility index (Phi) is 8.79. The highest BCUT2D eigenvalue weighted by Crippen LogP contribution is 2.22. The highest BCUT2D eigenvalue weighted by atomic mass is 19.1. The zero-order valence-electron chi connectivity index (χ0n) is 23.3. The second-order valence-corrected chi connectivity index (χ2v) is 10.5. The summed E-state index contributed by atoms with van der Waals surface area (Å²) in [5.41, 5.74) is 0.183. The molecule has 0 radical (unpaired) electrons. The van der Waals surface area contributed by atoms with Crippen molar-refractivity contribution >= 4 is 29.4 Å². The zero-order chi connectivity index (χ0) is 30.5. The third-order valence-electron chi connectivity index (χ3n) is 7.36. The molecule has 0 bridgehead atoms. The first-order chi connectivity index (χ1) is 20.7. The van der Waals surface area contributed by atoms with E-state index in [1.165, 1.54) is 53.2 Å². The quantitative estimate of drug-likeness (QED) is 0.239. The highest BCUT2D eigenvalue weighted by Gasteiger charge is 2.31. The number of amides is 3. The van der Waals surface area contributed by atoms with Gasteiger partial charge in [0.05, 0.1) is 6.61 Å². The van der Waals surface area contributed by atoms with Gasteiger partial charge in [-0.2, -0.15) is 0 Å². The first kappa shape index (κ1) is 29.4. The van der Waals surface area contributed by atoms with Crippen LogP contribution < -0.4 is 21.5 Å². The van der Waals surface area contributed by atoms with E-state index in [1.54, 1.807) is 13.0 Å². The van der Waals surface area contributed by atoms with Gasteiger partial charge >= 0.3 is 5.97 Å². The summed E-state index contributed by atoms with van der Waals surface area (Å²) in [5.74, 6) is -2.30. The number of hydrogen-bond donors (Lipinski definition) is 3. The lowest BCUT2D eigenvalue weighted by molar-refractivity contribution is -0.135. The molecule has 0 aliphatic carbocycles. The molecule has 12 nitrogen and oxygen atoms in total. The summed E-state index contributed by atoms with van der Waals surface area (Å²) >= 11 is 0. The number of cyclic esters (lactones) is 1. The first-order valence-corrected chi connectivity index (χ1v) is 13.8. The van der Waals surface area contributed by atoms with Gasteiger partial charge in [0.2, 0.25) is 11.8 Å². The maximum Gasteiger partial charge on any atom is 0.333 e. The minimum Gasteiger partial charge on any atom is -0.462 e. The molecule has 43 heavy (non-hydrogen) atoms. The van der Waals surface area contributed by atoms with Gasteiger partial charge in [0, 0.05) is 49.2 Å². The van der Waals surface area contributed by atoms with Crippen molar-refractivity contribution in [3.8, 4) is 0 Å². The van der Waals surface area contributed by atoms with Gasteiger partial charge in [-0.25, -0.2) is 9.18 Å². The van der Waals surface area contributed by atoms with Crippen LogP contribution in [0.25, 0.3) is 0 Å². The predicted octanol–water partition coefficient (Wildman–Crippen LogP) is 2.20. The Morgan fingerprint density at radius 3 is 2.65 bits per heavy atom. The SMILES string of the molecule is Cc1cc(C(=O)Nc2cccn([C@@H](Cc3ccc(F)cc3)C(=O)N[C@H](/C=C3\CCOC3=O)CC3CCNC3=O)c2=O)no1. The number of carbonyl (C=O) groups excluding carboxylic acids is 4. The Bertz CT molecular complexity index is 1630. The normalized spacial score (nSPS) is 18.7. The van der Waals surface area contributed by atoms with Gasteiger partial charge in [0.25, 0.3) is 11.5 Å². The van der Waals surface area contributed by atoms with E-state index in [1.807, 2.05) is 0 Å². The maximum atomic E-state index is 13.9. The van der Waals surface area contributed by atoms with Crippen LogP contribution in [0.5, 0.6) is 0 Å². The fourth-order valence-corrected chi connectivity index (χ4v) is 5.14. The second-order valence-electron chi connectivity index (χ2n) is 10.5. The summed E-state index contributed by atoms with van der Waals surface area (Å²) < 4.78 is 24.8. The van der Waals surface area contributed by atoms with E-state index in [2.05, 4.69) is 21.1 Å². The van der Waals surface area contributed by atoms with Crippen molar-refractivity contribution in [1.82, 2.24) is 20.4 Å². The number of esters is 1. The number of rotatable bonds is 10. The van der Waals surface area contributed by atoms with Gasteiger partial charge in [-0.05, 0) is 49.6 Å². The molecule has 2 fully saturated rings. The molecule has 224 valence electrons. The molecule has 4 heterocycles. The molecule has 2 aromatic heterocycles. The van der Waals surface area contributed by atoms with Gasteiger partial charge in [-0.1, -0.05) is 23.4 Å². The maximum absolute atomic E-state index is 13.9. The lowest BCUT2D eigenvalue weighted by Crippen LogP contribution is -2.44. The number of pyridine rings is 1. The molecular weight excluding hydrogens is 561 g/mol. The van der Waals surface area contributed by atoms with Crippen LogP contribution in [0.3, 0.4) is 0 Å². The summed E-state index contributed by atoms with van der Waals surface area (Å²) in [6.07, 6.45) is 4.20. The number of carbonyl (C=O) groups is 4. The number of nitrogens with zero attached hydrogens (tertiary/aromatic N) is 2. The molecule has 2 saturated heterocycles. The third kappa shape index (κ3) is 7.05. The van der Waals surface area contributed by atoms with Crippen LogP contribution in [0.2, 0.25) is 0 Å². The van der Waals surface area contributed by atoms with E-state index in [4.69, 9.17) is 9.26 Å². The van der Waals surface area contributed by atoms with Gasteiger partial charge in [0.15, 0.2) is 5.69 Å². The summed E-state index contributed by atoms with van der Waals surface area (Å²) in [7, 11) is 0. The Labute approximate surface area is 245 Å². The molecule has 3 aromatic rings. The van der Waals surface area contributed by atoms with Crippen LogP contribution in [0.1, 0.15) is 47.1 Å². The smallest absolute Gasteiger partial charge is 0.333 e. The molecule has 1 aromatic carbocycles. The average molecular weight is 592 g/mol. The summed E-state index contributed by atoms with van der Waals surface area (Å²) in [5, 5.41) is 11.9. The van der Waals surface area contributed by atoms with E-state index >= 15 is 0 Å². The molecule has 0 saturated carbocycles. The summed E-state index contributed by atoms with van der Waals surface area (Å²) in [6, 6.07) is 7.99. The number of aromatic nitrogens is 2. The van der Waals surface area contributed by atoms with Crippen molar-refractivity contribution in [2.24, 2.45) is 5.92 Å². The minimum absolute atomic E-state index is 0.00114. The largest absolute Gasteiger partial charge is 0.462 e. The molecule has 2 aliphatic rings. The molecule has 1 unspecified atom stereocenters. The molecular formula is C30H30FN5O7. The number of ether oxygens (including phenoxy) is 1. The average Bonchev–Trinajstić information content (AvgIpc) is 3.71. The molecule has 0 spiro atoms. The molecule has 3 atom stereocenters. The molecule has 13 heteroatoms. The Morgan fingerprint density at radius 2 is 2.00 bits per heavy atom. The van der Waals surface area contributed by atoms with Crippen molar-refractivity contribution < 1.29 is 32.8 Å². The van der Waals surface area contributed by atoms with Crippen LogP contribution in [0.15, 0.2) is 69.6 Å². The summed E-state index contributed by atoms with van der Waals surface area (Å²) in [4.78, 5) is 64.7. The van der Waals surface area contributed by atoms with Crippen molar-refractivity contribution in [3.63, 3.8) is 0 Å². The topological polar surface area (TPSA) is 162 Å². The van der Waals surface area contributed by atoms with Crippen LogP contribution in [0.4, 0.5) is 10.1 Å². The van der Waals surface area contributed by atoms with E-state index in [0.29, 0.717) is 36.3 Å². The van der Waals surface area contributed by atoms with Gasteiger partial charge in [0.1, 0.15) is 23.3 Å². The van der Waals surface area contributed by atoms with Crippen molar-refractivity contribution in [3.05, 3.63) is 93.5 Å². The zero-order valence-corrected chi connectivity index (χ0v) is 23.3. The minimum atomic E-state index is -1.14. The number of nitrogens with one attached hydrogen (secondary N) is 3. The van der Waals surface area contributed by atoms with E-state index in [0.717, 1.165) is 0 Å². The van der Waals surface area contributed by atoms with Crippen LogP contribution in [0, 0.1) is 18.7 Å². The monoisotopic (exact) mass is 591 g/mol. The Morgan fingerprint density at radius 1 is 1.21 bits per heavy atom. The fourth-order valence-electron chi connectivity index (χ4n) is 5.14.